The van der Waals surface area contributed by atoms with Gasteiger partial charge in [0.05, 0.1) is 16.7 Å². The Morgan fingerprint density at radius 3 is 1.56 bits per heavy atom. The summed E-state index contributed by atoms with van der Waals surface area (Å²) >= 11 is 0. The molecule has 0 saturated carbocycles. The van der Waals surface area contributed by atoms with Crippen LogP contribution < -0.4 is 4.90 Å². The molecule has 10 aromatic rings. The van der Waals surface area contributed by atoms with Crippen LogP contribution in [0.4, 0.5) is 17.1 Å². The first-order valence-electron chi connectivity index (χ1n) is 17.0. The predicted molar refractivity (Wildman–Crippen MR) is 210 cm³/mol. The van der Waals surface area contributed by atoms with E-state index in [9.17, 15) is 0 Å². The lowest BCUT2D eigenvalue weighted by Crippen LogP contribution is -2.10. The van der Waals surface area contributed by atoms with Crippen molar-refractivity contribution in [2.45, 2.75) is 0 Å². The molecule has 2 aromatic heterocycles. The zero-order chi connectivity index (χ0) is 33.0. The van der Waals surface area contributed by atoms with Crippen molar-refractivity contribution in [2.75, 3.05) is 4.90 Å². The fourth-order valence-corrected chi connectivity index (χ4v) is 7.67. The maximum atomic E-state index is 4.32. The molecule has 10 rings (SSSR count). The molecule has 8 aromatic carbocycles. The van der Waals surface area contributed by atoms with Gasteiger partial charge in [0.2, 0.25) is 0 Å². The second-order valence-corrected chi connectivity index (χ2v) is 12.9. The quantitative estimate of drug-likeness (QED) is 0.169. The van der Waals surface area contributed by atoms with Crippen molar-refractivity contribution in [3.8, 4) is 27.9 Å². The molecule has 0 N–H and O–H groups in total. The van der Waals surface area contributed by atoms with Crippen LogP contribution in [0.1, 0.15) is 0 Å². The van der Waals surface area contributed by atoms with Crippen LogP contribution in [0.15, 0.2) is 188 Å². The average Bonchev–Trinajstić information content (AvgIpc) is 3.54. The summed E-state index contributed by atoms with van der Waals surface area (Å²) in [6.07, 6.45) is 3.72. The monoisotopic (exact) mass is 637 g/mol. The molecule has 2 heterocycles. The molecule has 0 saturated heterocycles. The third-order valence-electron chi connectivity index (χ3n) is 10.0. The number of anilines is 3. The summed E-state index contributed by atoms with van der Waals surface area (Å²) < 4.78 is 2.40. The highest BCUT2D eigenvalue weighted by molar-refractivity contribution is 6.24. The van der Waals surface area contributed by atoms with Crippen LogP contribution >= 0.6 is 0 Å². The molecule has 0 radical (unpaired) electrons. The summed E-state index contributed by atoms with van der Waals surface area (Å²) in [7, 11) is 0. The minimum Gasteiger partial charge on any atom is -0.310 e. The molecular weight excluding hydrogens is 607 g/mol. The van der Waals surface area contributed by atoms with Crippen LogP contribution in [0.25, 0.3) is 71.3 Å². The normalized spacial score (nSPS) is 11.6. The maximum Gasteiger partial charge on any atom is 0.0547 e. The zero-order valence-electron chi connectivity index (χ0n) is 27.2. The molecular formula is C47H31N3. The van der Waals surface area contributed by atoms with Crippen LogP contribution in [0.3, 0.4) is 0 Å². The van der Waals surface area contributed by atoms with Gasteiger partial charge in [0.15, 0.2) is 0 Å². The van der Waals surface area contributed by atoms with Crippen molar-refractivity contribution in [3.05, 3.63) is 188 Å². The molecule has 0 bridgehead atoms. The number of hydrogen-bond donors (Lipinski definition) is 0. The van der Waals surface area contributed by atoms with Gasteiger partial charge in [-0.15, -0.1) is 0 Å². The largest absolute Gasteiger partial charge is 0.310 e. The van der Waals surface area contributed by atoms with Gasteiger partial charge in [0.1, 0.15) is 0 Å². The first-order valence-corrected chi connectivity index (χ1v) is 17.0. The van der Waals surface area contributed by atoms with Crippen molar-refractivity contribution < 1.29 is 0 Å². The van der Waals surface area contributed by atoms with E-state index in [-0.39, 0.29) is 0 Å². The molecule has 0 aliphatic carbocycles. The predicted octanol–water partition coefficient (Wildman–Crippen LogP) is 12.7. The minimum absolute atomic E-state index is 1.10. The Morgan fingerprint density at radius 2 is 0.940 bits per heavy atom. The molecule has 0 aliphatic rings. The molecule has 0 spiro atoms. The summed E-state index contributed by atoms with van der Waals surface area (Å²) in [5, 5.41) is 7.66. The van der Waals surface area contributed by atoms with E-state index in [1.807, 2.05) is 18.5 Å². The van der Waals surface area contributed by atoms with Gasteiger partial charge >= 0.3 is 0 Å². The second kappa shape index (κ2) is 11.5. The first kappa shape index (κ1) is 28.3. The Labute approximate surface area is 290 Å². The van der Waals surface area contributed by atoms with Gasteiger partial charge in [-0.3, -0.25) is 4.98 Å². The summed E-state index contributed by atoms with van der Waals surface area (Å²) in [4.78, 5) is 6.67. The standard InChI is InChI=1S/C47H31N3/c1-2-12-42-35(7-1)8-3-13-43(42)49(40-26-22-34(23-27-40)38-11-6-30-48-31-38)39-24-18-32(19-25-39)33-20-28-41(29-21-33)50-44-14-4-9-36-16-17-37-10-5-15-45(50)47(37)46(36)44/h1-31H. The molecule has 0 amide bonds. The van der Waals surface area contributed by atoms with Crippen molar-refractivity contribution in [1.29, 1.82) is 0 Å². The van der Waals surface area contributed by atoms with Gasteiger partial charge in [-0.2, -0.15) is 0 Å². The van der Waals surface area contributed by atoms with E-state index in [4.69, 9.17) is 0 Å². The van der Waals surface area contributed by atoms with Crippen molar-refractivity contribution in [2.24, 2.45) is 0 Å². The number of hydrogen-bond acceptors (Lipinski definition) is 2. The smallest absolute Gasteiger partial charge is 0.0547 e. The van der Waals surface area contributed by atoms with Gasteiger partial charge in [0, 0.05) is 45.6 Å². The van der Waals surface area contributed by atoms with Crippen molar-refractivity contribution in [1.82, 2.24) is 9.55 Å². The Kier molecular flexibility index (Phi) is 6.49. The van der Waals surface area contributed by atoms with E-state index in [2.05, 4.69) is 184 Å². The topological polar surface area (TPSA) is 21.1 Å². The minimum atomic E-state index is 1.10. The highest BCUT2D eigenvalue weighted by Gasteiger charge is 2.18. The van der Waals surface area contributed by atoms with E-state index in [1.54, 1.807) is 0 Å². The van der Waals surface area contributed by atoms with Crippen LogP contribution in [-0.4, -0.2) is 9.55 Å². The molecule has 0 fully saturated rings. The Balaban J connectivity index is 1.03. The van der Waals surface area contributed by atoms with E-state index < -0.39 is 0 Å². The first-order chi connectivity index (χ1) is 24.8. The molecule has 234 valence electrons. The molecule has 0 unspecified atom stereocenters. The average molecular weight is 638 g/mol. The number of benzene rings is 8. The van der Waals surface area contributed by atoms with Gasteiger partial charge in [-0.05, 0) is 99.1 Å². The lowest BCUT2D eigenvalue weighted by Gasteiger charge is -2.27. The summed E-state index contributed by atoms with van der Waals surface area (Å²) in [5.74, 6) is 0. The van der Waals surface area contributed by atoms with Gasteiger partial charge in [0.25, 0.3) is 0 Å². The van der Waals surface area contributed by atoms with E-state index in [1.165, 1.54) is 60.2 Å². The summed E-state index contributed by atoms with van der Waals surface area (Å²) in [6.45, 7) is 0. The molecule has 3 heteroatoms. The SMILES string of the molecule is c1cncc(-c2ccc(N(c3ccc(-c4ccc(-n5c6cccc7ccc8cccc5c8c76)cc4)cc3)c3cccc4ccccc34)cc2)c1. The van der Waals surface area contributed by atoms with Gasteiger partial charge < -0.3 is 9.47 Å². The van der Waals surface area contributed by atoms with Gasteiger partial charge in [-0.25, -0.2) is 0 Å². The number of rotatable bonds is 6. The Bertz CT molecular complexity index is 2710. The molecule has 50 heavy (non-hydrogen) atoms. The highest BCUT2D eigenvalue weighted by atomic mass is 15.1. The van der Waals surface area contributed by atoms with Crippen LogP contribution in [0.2, 0.25) is 0 Å². The number of fused-ring (bicyclic) bond motifs is 1. The van der Waals surface area contributed by atoms with Crippen molar-refractivity contribution in [3.63, 3.8) is 0 Å². The van der Waals surface area contributed by atoms with Gasteiger partial charge in [-0.1, -0.05) is 115 Å². The number of aromatic nitrogens is 2. The Hall–Kier alpha value is -6.71. The zero-order valence-corrected chi connectivity index (χ0v) is 27.2. The molecule has 0 atom stereocenters. The third-order valence-corrected chi connectivity index (χ3v) is 10.0. The maximum absolute atomic E-state index is 4.32. The number of nitrogens with zero attached hydrogens (tertiary/aromatic N) is 3. The third kappa shape index (κ3) is 4.56. The lowest BCUT2D eigenvalue weighted by atomic mass is 10.0. The fourth-order valence-electron chi connectivity index (χ4n) is 7.67. The van der Waals surface area contributed by atoms with Crippen LogP contribution in [0, 0.1) is 0 Å². The van der Waals surface area contributed by atoms with E-state index in [0.717, 1.165) is 28.2 Å². The van der Waals surface area contributed by atoms with Crippen molar-refractivity contribution >= 4 is 60.4 Å². The Morgan fingerprint density at radius 1 is 0.400 bits per heavy atom. The lowest BCUT2D eigenvalue weighted by molar-refractivity contribution is 1.18. The number of pyridine rings is 1. The van der Waals surface area contributed by atoms with E-state index in [0.29, 0.717) is 0 Å². The summed E-state index contributed by atoms with van der Waals surface area (Å²) in [5.41, 5.74) is 11.6. The molecule has 3 nitrogen and oxygen atoms in total. The summed E-state index contributed by atoms with van der Waals surface area (Å²) in [6, 6.07) is 63.6. The fraction of sp³-hybridized carbons (Fsp3) is 0. The highest BCUT2D eigenvalue weighted by Crippen LogP contribution is 2.41. The van der Waals surface area contributed by atoms with E-state index >= 15 is 0 Å². The van der Waals surface area contributed by atoms with Crippen LogP contribution in [0.5, 0.6) is 0 Å². The molecule has 0 aliphatic heterocycles. The second-order valence-electron chi connectivity index (χ2n) is 12.9. The van der Waals surface area contributed by atoms with Crippen LogP contribution in [-0.2, 0) is 0 Å².